The second-order valence-corrected chi connectivity index (χ2v) is 6.77. The third-order valence-corrected chi connectivity index (χ3v) is 4.96. The first-order valence-corrected chi connectivity index (χ1v) is 9.57. The van der Waals surface area contributed by atoms with Crippen LogP contribution >= 0.6 is 0 Å². The molecule has 1 aliphatic rings. The van der Waals surface area contributed by atoms with E-state index in [4.69, 9.17) is 4.98 Å². The molecule has 3 aromatic heterocycles. The van der Waals surface area contributed by atoms with Gasteiger partial charge in [0.15, 0.2) is 0 Å². The molecule has 0 bridgehead atoms. The number of para-hydroxylation sites is 1. The van der Waals surface area contributed by atoms with Crippen molar-refractivity contribution in [3.8, 4) is 0 Å². The molecule has 4 heterocycles. The SMILES string of the molecule is c1cnc(N2CCN(c3ccnc(Nc4cccc5cccnc45)n3)CC2)nc1. The van der Waals surface area contributed by atoms with Gasteiger partial charge in [0.05, 0.1) is 11.2 Å². The molecule has 1 saturated heterocycles. The zero-order chi connectivity index (χ0) is 19.5. The molecular formula is C21H20N8. The van der Waals surface area contributed by atoms with E-state index in [2.05, 4.69) is 35.1 Å². The largest absolute Gasteiger partial charge is 0.353 e. The molecule has 1 fully saturated rings. The van der Waals surface area contributed by atoms with Gasteiger partial charge in [-0.1, -0.05) is 18.2 Å². The van der Waals surface area contributed by atoms with Crippen LogP contribution in [0.2, 0.25) is 0 Å². The second kappa shape index (κ2) is 7.67. The number of nitrogens with one attached hydrogen (secondary N) is 1. The number of hydrogen-bond donors (Lipinski definition) is 1. The molecular weight excluding hydrogens is 364 g/mol. The van der Waals surface area contributed by atoms with E-state index < -0.39 is 0 Å². The normalized spacial score (nSPS) is 14.2. The van der Waals surface area contributed by atoms with Gasteiger partial charge < -0.3 is 15.1 Å². The van der Waals surface area contributed by atoms with E-state index in [1.54, 1.807) is 24.8 Å². The Morgan fingerprint density at radius 3 is 2.31 bits per heavy atom. The Kier molecular flexibility index (Phi) is 4.57. The average Bonchev–Trinajstić information content (AvgIpc) is 2.80. The molecule has 1 aromatic carbocycles. The summed E-state index contributed by atoms with van der Waals surface area (Å²) in [4.78, 5) is 26.7. The fourth-order valence-corrected chi connectivity index (χ4v) is 3.50. The Balaban J connectivity index is 1.32. The summed E-state index contributed by atoms with van der Waals surface area (Å²) in [6, 6.07) is 13.8. The van der Waals surface area contributed by atoms with Gasteiger partial charge in [-0.25, -0.2) is 15.0 Å². The van der Waals surface area contributed by atoms with Gasteiger partial charge in [0, 0.05) is 56.4 Å². The molecule has 5 rings (SSSR count). The molecule has 0 spiro atoms. The summed E-state index contributed by atoms with van der Waals surface area (Å²) in [7, 11) is 0. The lowest BCUT2D eigenvalue weighted by Crippen LogP contribution is -2.47. The van der Waals surface area contributed by atoms with Gasteiger partial charge >= 0.3 is 0 Å². The summed E-state index contributed by atoms with van der Waals surface area (Å²) >= 11 is 0. The average molecular weight is 384 g/mol. The molecule has 0 aliphatic carbocycles. The van der Waals surface area contributed by atoms with Crippen LogP contribution in [-0.2, 0) is 0 Å². The molecule has 0 unspecified atom stereocenters. The van der Waals surface area contributed by atoms with Crippen LogP contribution in [-0.4, -0.2) is 51.1 Å². The summed E-state index contributed by atoms with van der Waals surface area (Å²) in [6.07, 6.45) is 7.13. The van der Waals surface area contributed by atoms with Crippen molar-refractivity contribution in [2.75, 3.05) is 41.3 Å². The fraction of sp³-hybridized carbons (Fsp3) is 0.190. The molecule has 4 aromatic rings. The molecule has 29 heavy (non-hydrogen) atoms. The first kappa shape index (κ1) is 17.3. The zero-order valence-corrected chi connectivity index (χ0v) is 15.8. The number of aromatic nitrogens is 5. The van der Waals surface area contributed by atoms with Crippen LogP contribution in [0.4, 0.5) is 23.4 Å². The van der Waals surface area contributed by atoms with E-state index in [1.807, 2.05) is 42.5 Å². The molecule has 0 atom stereocenters. The third kappa shape index (κ3) is 3.64. The highest BCUT2D eigenvalue weighted by molar-refractivity contribution is 5.91. The number of pyridine rings is 1. The molecule has 8 heteroatoms. The lowest BCUT2D eigenvalue weighted by Gasteiger charge is -2.35. The Hall–Kier alpha value is -3.81. The highest BCUT2D eigenvalue weighted by Gasteiger charge is 2.20. The first-order valence-electron chi connectivity index (χ1n) is 9.57. The number of benzene rings is 1. The third-order valence-electron chi connectivity index (χ3n) is 4.96. The minimum absolute atomic E-state index is 0.564. The Morgan fingerprint density at radius 2 is 1.45 bits per heavy atom. The molecule has 144 valence electrons. The first-order chi connectivity index (χ1) is 14.4. The van der Waals surface area contributed by atoms with Crippen molar-refractivity contribution in [1.82, 2.24) is 24.9 Å². The van der Waals surface area contributed by atoms with Crippen LogP contribution in [0.5, 0.6) is 0 Å². The van der Waals surface area contributed by atoms with Crippen LogP contribution in [0, 0.1) is 0 Å². The van der Waals surface area contributed by atoms with Crippen LogP contribution in [0.15, 0.2) is 67.3 Å². The molecule has 1 N–H and O–H groups in total. The van der Waals surface area contributed by atoms with E-state index in [-0.39, 0.29) is 0 Å². The van der Waals surface area contributed by atoms with Gasteiger partial charge in [-0.15, -0.1) is 0 Å². The maximum atomic E-state index is 4.72. The number of fused-ring (bicyclic) bond motifs is 1. The monoisotopic (exact) mass is 384 g/mol. The van der Waals surface area contributed by atoms with E-state index in [0.717, 1.165) is 54.5 Å². The van der Waals surface area contributed by atoms with Gasteiger partial charge in [-0.05, 0) is 24.3 Å². The van der Waals surface area contributed by atoms with E-state index in [0.29, 0.717) is 5.95 Å². The fourth-order valence-electron chi connectivity index (χ4n) is 3.50. The van der Waals surface area contributed by atoms with Crippen molar-refractivity contribution in [3.05, 3.63) is 67.3 Å². The molecule has 0 amide bonds. The van der Waals surface area contributed by atoms with Crippen molar-refractivity contribution < 1.29 is 0 Å². The number of hydrogen-bond acceptors (Lipinski definition) is 8. The van der Waals surface area contributed by atoms with Crippen molar-refractivity contribution in [3.63, 3.8) is 0 Å². The Morgan fingerprint density at radius 1 is 0.690 bits per heavy atom. The Labute approximate surface area is 168 Å². The highest BCUT2D eigenvalue weighted by Crippen LogP contribution is 2.24. The summed E-state index contributed by atoms with van der Waals surface area (Å²) in [6.45, 7) is 3.41. The lowest BCUT2D eigenvalue weighted by atomic mass is 10.2. The minimum atomic E-state index is 0.564. The topological polar surface area (TPSA) is 83.0 Å². The van der Waals surface area contributed by atoms with Gasteiger partial charge in [-0.3, -0.25) is 4.98 Å². The summed E-state index contributed by atoms with van der Waals surface area (Å²) in [5.41, 5.74) is 1.80. The maximum Gasteiger partial charge on any atom is 0.229 e. The predicted molar refractivity (Wildman–Crippen MR) is 114 cm³/mol. The predicted octanol–water partition coefficient (Wildman–Crippen LogP) is 2.89. The molecule has 1 aliphatic heterocycles. The van der Waals surface area contributed by atoms with Crippen LogP contribution < -0.4 is 15.1 Å². The van der Waals surface area contributed by atoms with Gasteiger partial charge in [0.1, 0.15) is 5.82 Å². The minimum Gasteiger partial charge on any atom is -0.353 e. The van der Waals surface area contributed by atoms with E-state index >= 15 is 0 Å². The van der Waals surface area contributed by atoms with E-state index in [9.17, 15) is 0 Å². The summed E-state index contributed by atoms with van der Waals surface area (Å²) in [5, 5.41) is 4.40. The zero-order valence-electron chi connectivity index (χ0n) is 15.8. The van der Waals surface area contributed by atoms with Crippen LogP contribution in [0.25, 0.3) is 10.9 Å². The summed E-state index contributed by atoms with van der Waals surface area (Å²) < 4.78 is 0. The molecule has 8 nitrogen and oxygen atoms in total. The highest BCUT2D eigenvalue weighted by atomic mass is 15.3. The maximum absolute atomic E-state index is 4.72. The molecule has 0 saturated carbocycles. The van der Waals surface area contributed by atoms with Crippen molar-refractivity contribution in [1.29, 1.82) is 0 Å². The summed E-state index contributed by atoms with van der Waals surface area (Å²) in [5.74, 6) is 2.25. The van der Waals surface area contributed by atoms with Crippen molar-refractivity contribution >= 4 is 34.3 Å². The van der Waals surface area contributed by atoms with Gasteiger partial charge in [0.25, 0.3) is 0 Å². The number of piperazine rings is 1. The number of nitrogens with zero attached hydrogens (tertiary/aromatic N) is 7. The molecule has 0 radical (unpaired) electrons. The lowest BCUT2D eigenvalue weighted by molar-refractivity contribution is 0.634. The quantitative estimate of drug-likeness (QED) is 0.575. The standard InChI is InChI=1S/C21H20N8/c1-4-16-5-2-8-22-19(16)17(6-1)26-20-23-11-7-18(27-20)28-12-14-29(15-13-28)21-24-9-3-10-25-21/h1-11H,12-15H2,(H,23,26,27). The van der Waals surface area contributed by atoms with Crippen LogP contribution in [0.1, 0.15) is 0 Å². The van der Waals surface area contributed by atoms with Crippen LogP contribution in [0.3, 0.4) is 0 Å². The van der Waals surface area contributed by atoms with Crippen molar-refractivity contribution in [2.24, 2.45) is 0 Å². The second-order valence-electron chi connectivity index (χ2n) is 6.77. The number of rotatable bonds is 4. The van der Waals surface area contributed by atoms with Gasteiger partial charge in [0.2, 0.25) is 11.9 Å². The number of anilines is 4. The smallest absolute Gasteiger partial charge is 0.229 e. The van der Waals surface area contributed by atoms with Crippen molar-refractivity contribution in [2.45, 2.75) is 0 Å². The van der Waals surface area contributed by atoms with Gasteiger partial charge in [-0.2, -0.15) is 4.98 Å². The Bertz CT molecular complexity index is 1100. The van der Waals surface area contributed by atoms with E-state index in [1.165, 1.54) is 0 Å².